The van der Waals surface area contributed by atoms with Crippen LogP contribution in [0.5, 0.6) is 0 Å². The molecule has 0 aromatic heterocycles. The van der Waals surface area contributed by atoms with Crippen molar-refractivity contribution in [3.05, 3.63) is 33.8 Å². The third-order valence-corrected chi connectivity index (χ3v) is 2.99. The highest BCUT2D eigenvalue weighted by Gasteiger charge is 2.10. The molecule has 1 heterocycles. The average molecular weight is 196 g/mol. The molecule has 0 aliphatic carbocycles. The van der Waals surface area contributed by atoms with E-state index in [9.17, 15) is 0 Å². The van der Waals surface area contributed by atoms with Crippen molar-refractivity contribution in [2.75, 3.05) is 6.54 Å². The fraction of sp³-hybridized carbons (Fsp3) is 0.455. The Morgan fingerprint density at radius 3 is 3.00 bits per heavy atom. The van der Waals surface area contributed by atoms with E-state index in [-0.39, 0.29) is 0 Å². The highest BCUT2D eigenvalue weighted by Crippen LogP contribution is 2.24. The van der Waals surface area contributed by atoms with Gasteiger partial charge in [-0.1, -0.05) is 24.6 Å². The summed E-state index contributed by atoms with van der Waals surface area (Å²) in [6.07, 6.45) is 2.13. The maximum absolute atomic E-state index is 6.14. The number of rotatable bonds is 1. The summed E-state index contributed by atoms with van der Waals surface area (Å²) in [7, 11) is 0. The van der Waals surface area contributed by atoms with Crippen LogP contribution in [0.1, 0.15) is 23.6 Å². The molecule has 0 saturated heterocycles. The molecular formula is C11H14ClN. The molecular weight excluding hydrogens is 182 g/mol. The normalized spacial score (nSPS) is 15.5. The predicted octanol–water partition coefficient (Wildman–Crippen LogP) is 2.55. The third-order valence-electron chi connectivity index (χ3n) is 2.64. The molecule has 0 unspecified atom stereocenters. The topological polar surface area (TPSA) is 12.0 Å². The molecule has 0 fully saturated rings. The summed E-state index contributed by atoms with van der Waals surface area (Å²) in [6.45, 7) is 4.22. The number of fused-ring (bicyclic) bond motifs is 1. The number of hydrogen-bond acceptors (Lipinski definition) is 1. The molecule has 1 aliphatic rings. The molecule has 0 radical (unpaired) electrons. The summed E-state index contributed by atoms with van der Waals surface area (Å²) in [6, 6.07) is 4.38. The predicted molar refractivity (Wildman–Crippen MR) is 56.2 cm³/mol. The van der Waals surface area contributed by atoms with Crippen molar-refractivity contribution in [1.29, 1.82) is 0 Å². The number of hydrogen-bond donors (Lipinski definition) is 1. The van der Waals surface area contributed by atoms with E-state index in [0.29, 0.717) is 0 Å². The van der Waals surface area contributed by atoms with E-state index in [4.69, 9.17) is 11.6 Å². The van der Waals surface area contributed by atoms with E-state index >= 15 is 0 Å². The van der Waals surface area contributed by atoms with Crippen molar-refractivity contribution in [2.45, 2.75) is 26.3 Å². The maximum Gasteiger partial charge on any atom is 0.0440 e. The quantitative estimate of drug-likeness (QED) is 0.727. The molecule has 0 bridgehead atoms. The van der Waals surface area contributed by atoms with Gasteiger partial charge in [-0.15, -0.1) is 0 Å². The van der Waals surface area contributed by atoms with Crippen molar-refractivity contribution in [3.8, 4) is 0 Å². The van der Waals surface area contributed by atoms with E-state index < -0.39 is 0 Å². The Bertz CT molecular complexity index is 320. The molecule has 2 heteroatoms. The average Bonchev–Trinajstić information content (AvgIpc) is 2.17. The minimum absolute atomic E-state index is 0.933. The molecule has 0 spiro atoms. The molecule has 1 aromatic carbocycles. The first-order valence-corrected chi connectivity index (χ1v) is 5.20. The van der Waals surface area contributed by atoms with Crippen LogP contribution in [-0.2, 0) is 19.4 Å². The van der Waals surface area contributed by atoms with Crippen molar-refractivity contribution in [2.24, 2.45) is 0 Å². The van der Waals surface area contributed by atoms with Crippen molar-refractivity contribution in [3.63, 3.8) is 0 Å². The van der Waals surface area contributed by atoms with Gasteiger partial charge >= 0.3 is 0 Å². The van der Waals surface area contributed by atoms with Gasteiger partial charge in [0.05, 0.1) is 0 Å². The minimum Gasteiger partial charge on any atom is -0.312 e. The Balaban J connectivity index is 2.44. The monoisotopic (exact) mass is 195 g/mol. The zero-order valence-corrected chi connectivity index (χ0v) is 8.62. The molecule has 1 aliphatic heterocycles. The molecule has 1 N–H and O–H groups in total. The van der Waals surface area contributed by atoms with Crippen LogP contribution in [0.15, 0.2) is 12.1 Å². The molecule has 1 aromatic rings. The number of halogens is 1. The van der Waals surface area contributed by atoms with E-state index in [0.717, 1.165) is 31.0 Å². The van der Waals surface area contributed by atoms with E-state index in [2.05, 4.69) is 24.4 Å². The molecule has 1 nitrogen and oxygen atoms in total. The van der Waals surface area contributed by atoms with E-state index in [1.165, 1.54) is 16.7 Å². The smallest absolute Gasteiger partial charge is 0.0440 e. The first kappa shape index (κ1) is 9.04. The first-order chi connectivity index (χ1) is 6.31. The second-order valence-corrected chi connectivity index (χ2v) is 3.90. The van der Waals surface area contributed by atoms with Gasteiger partial charge in [0.25, 0.3) is 0 Å². The van der Waals surface area contributed by atoms with Crippen LogP contribution in [0, 0.1) is 0 Å². The molecule has 0 saturated carbocycles. The lowest BCUT2D eigenvalue weighted by molar-refractivity contribution is 0.643. The lowest BCUT2D eigenvalue weighted by Crippen LogP contribution is -2.23. The highest BCUT2D eigenvalue weighted by atomic mass is 35.5. The van der Waals surface area contributed by atoms with Crippen molar-refractivity contribution >= 4 is 11.6 Å². The summed E-state index contributed by atoms with van der Waals surface area (Å²) in [5.41, 5.74) is 4.11. The van der Waals surface area contributed by atoms with Gasteiger partial charge in [0, 0.05) is 11.6 Å². The van der Waals surface area contributed by atoms with Crippen molar-refractivity contribution in [1.82, 2.24) is 5.32 Å². The Labute approximate surface area is 84.1 Å². The van der Waals surface area contributed by atoms with Gasteiger partial charge in [0.2, 0.25) is 0 Å². The van der Waals surface area contributed by atoms with Gasteiger partial charge in [-0.05, 0) is 42.1 Å². The van der Waals surface area contributed by atoms with Crippen LogP contribution in [0.4, 0.5) is 0 Å². The molecule has 0 amide bonds. The van der Waals surface area contributed by atoms with Crippen LogP contribution in [0.25, 0.3) is 0 Å². The summed E-state index contributed by atoms with van der Waals surface area (Å²) >= 11 is 6.14. The fourth-order valence-corrected chi connectivity index (χ4v) is 2.14. The second-order valence-electron chi connectivity index (χ2n) is 3.49. The van der Waals surface area contributed by atoms with Crippen LogP contribution >= 0.6 is 11.6 Å². The fourth-order valence-electron chi connectivity index (χ4n) is 1.82. The van der Waals surface area contributed by atoms with Crippen LogP contribution in [0.3, 0.4) is 0 Å². The lowest BCUT2D eigenvalue weighted by atomic mass is 9.98. The van der Waals surface area contributed by atoms with Gasteiger partial charge in [0.15, 0.2) is 0 Å². The number of benzene rings is 1. The van der Waals surface area contributed by atoms with E-state index in [1.807, 2.05) is 0 Å². The highest BCUT2D eigenvalue weighted by molar-refractivity contribution is 6.31. The van der Waals surface area contributed by atoms with Gasteiger partial charge in [-0.3, -0.25) is 0 Å². The first-order valence-electron chi connectivity index (χ1n) is 4.82. The van der Waals surface area contributed by atoms with Gasteiger partial charge in [0.1, 0.15) is 0 Å². The Morgan fingerprint density at radius 1 is 1.38 bits per heavy atom. The minimum atomic E-state index is 0.933. The Hall–Kier alpha value is -0.530. The van der Waals surface area contributed by atoms with Crippen molar-refractivity contribution < 1.29 is 0 Å². The zero-order valence-electron chi connectivity index (χ0n) is 7.86. The standard InChI is InChI=1S/C11H14ClN/c1-2-8-5-10-7-13-4-3-9(10)6-11(8)12/h5-6,13H,2-4,7H2,1H3. The lowest BCUT2D eigenvalue weighted by Gasteiger charge is -2.18. The van der Waals surface area contributed by atoms with Gasteiger partial charge in [-0.2, -0.15) is 0 Å². The summed E-state index contributed by atoms with van der Waals surface area (Å²) in [5.74, 6) is 0. The molecule has 13 heavy (non-hydrogen) atoms. The Kier molecular flexibility index (Phi) is 2.56. The van der Waals surface area contributed by atoms with Crippen LogP contribution in [-0.4, -0.2) is 6.54 Å². The zero-order chi connectivity index (χ0) is 9.26. The molecule has 2 rings (SSSR count). The SMILES string of the molecule is CCc1cc2c(cc1Cl)CCNC2. The number of nitrogens with one attached hydrogen (secondary N) is 1. The van der Waals surface area contributed by atoms with Gasteiger partial charge in [-0.25, -0.2) is 0 Å². The maximum atomic E-state index is 6.14. The summed E-state index contributed by atoms with van der Waals surface area (Å²) in [4.78, 5) is 0. The number of aryl methyl sites for hydroxylation is 1. The van der Waals surface area contributed by atoms with Gasteiger partial charge < -0.3 is 5.32 Å². The Morgan fingerprint density at radius 2 is 2.23 bits per heavy atom. The summed E-state index contributed by atoms with van der Waals surface area (Å²) < 4.78 is 0. The van der Waals surface area contributed by atoms with Crippen LogP contribution in [0.2, 0.25) is 5.02 Å². The van der Waals surface area contributed by atoms with E-state index in [1.54, 1.807) is 0 Å². The molecule has 70 valence electrons. The van der Waals surface area contributed by atoms with Crippen LogP contribution < -0.4 is 5.32 Å². The largest absolute Gasteiger partial charge is 0.312 e. The summed E-state index contributed by atoms with van der Waals surface area (Å²) in [5, 5.41) is 4.30. The second kappa shape index (κ2) is 3.69. The third kappa shape index (κ3) is 1.72. The molecule has 0 atom stereocenters.